The van der Waals surface area contributed by atoms with Gasteiger partial charge in [-0.3, -0.25) is 9.10 Å². The molecule has 0 aliphatic heterocycles. The molecule has 0 saturated heterocycles. The molecule has 1 aromatic carbocycles. The maximum Gasteiger partial charge on any atom is 0.273 e. The van der Waals surface area contributed by atoms with Crippen LogP contribution in [0.1, 0.15) is 32.6 Å². The number of hydrogen-bond acceptors (Lipinski definition) is 5. The number of likely N-dealkylation sites (N-methyl/N-ethyl adjacent to an activating group) is 1. The van der Waals surface area contributed by atoms with Crippen molar-refractivity contribution in [2.45, 2.75) is 42.9 Å². The third-order valence-electron chi connectivity index (χ3n) is 5.60. The van der Waals surface area contributed by atoms with E-state index >= 15 is 0 Å². The van der Waals surface area contributed by atoms with Crippen LogP contribution in [0, 0.1) is 5.92 Å². The molecule has 3 rings (SSSR count). The molecule has 1 aromatic heterocycles. The number of nitrogens with zero attached hydrogens (tertiary/aromatic N) is 2. The van der Waals surface area contributed by atoms with E-state index in [9.17, 15) is 13.2 Å². The molecular formula is C21H28N2O4S2. The van der Waals surface area contributed by atoms with E-state index in [4.69, 9.17) is 4.74 Å². The number of benzene rings is 1. The maximum absolute atomic E-state index is 12.6. The summed E-state index contributed by atoms with van der Waals surface area (Å²) in [4.78, 5) is 14.3. The minimum atomic E-state index is -3.56. The topological polar surface area (TPSA) is 66.9 Å². The second kappa shape index (κ2) is 9.17. The van der Waals surface area contributed by atoms with Crippen molar-refractivity contribution in [3.63, 3.8) is 0 Å². The Kier molecular flexibility index (Phi) is 6.85. The Morgan fingerprint density at radius 3 is 2.34 bits per heavy atom. The highest BCUT2D eigenvalue weighted by molar-refractivity contribution is 7.94. The van der Waals surface area contributed by atoms with Gasteiger partial charge in [0.25, 0.3) is 15.9 Å². The van der Waals surface area contributed by atoms with Gasteiger partial charge in [0, 0.05) is 20.1 Å². The van der Waals surface area contributed by atoms with Crippen LogP contribution in [-0.4, -0.2) is 46.0 Å². The van der Waals surface area contributed by atoms with Gasteiger partial charge in [-0.15, -0.1) is 11.3 Å². The molecule has 158 valence electrons. The number of hydrogen-bond donors (Lipinski definition) is 0. The lowest BCUT2D eigenvalue weighted by Gasteiger charge is -2.33. The zero-order valence-corrected chi connectivity index (χ0v) is 18.7. The Labute approximate surface area is 177 Å². The highest BCUT2D eigenvalue weighted by Crippen LogP contribution is 2.28. The summed E-state index contributed by atoms with van der Waals surface area (Å²) < 4.78 is 32.4. The number of amides is 1. The van der Waals surface area contributed by atoms with E-state index in [1.807, 2.05) is 11.9 Å². The zero-order chi connectivity index (χ0) is 21.0. The standard InChI is InChI=1S/C21H28N2O4S2/c1-16-6-8-17(9-7-16)22(2)20(24)15-27-19-12-10-18(11-13-19)23(3)29(25,26)21-5-4-14-28-21/h4-5,10-14,16-17H,6-9,15H2,1-3H3. The Balaban J connectivity index is 1.56. The molecular weight excluding hydrogens is 408 g/mol. The lowest BCUT2D eigenvalue weighted by molar-refractivity contribution is -0.134. The van der Waals surface area contributed by atoms with Gasteiger partial charge in [0.05, 0.1) is 5.69 Å². The minimum absolute atomic E-state index is 0.0226. The molecule has 1 heterocycles. The lowest BCUT2D eigenvalue weighted by Crippen LogP contribution is -2.41. The fraction of sp³-hybridized carbons (Fsp3) is 0.476. The molecule has 29 heavy (non-hydrogen) atoms. The summed E-state index contributed by atoms with van der Waals surface area (Å²) in [5.41, 5.74) is 0.533. The first-order valence-corrected chi connectivity index (χ1v) is 12.1. The largest absolute Gasteiger partial charge is 0.484 e. The highest BCUT2D eigenvalue weighted by Gasteiger charge is 2.25. The van der Waals surface area contributed by atoms with E-state index in [-0.39, 0.29) is 12.5 Å². The van der Waals surface area contributed by atoms with Gasteiger partial charge in [-0.2, -0.15) is 0 Å². The number of rotatable bonds is 7. The van der Waals surface area contributed by atoms with Crippen molar-refractivity contribution < 1.29 is 17.9 Å². The van der Waals surface area contributed by atoms with Crippen LogP contribution in [0.2, 0.25) is 0 Å². The fourth-order valence-electron chi connectivity index (χ4n) is 3.52. The molecule has 8 heteroatoms. The van der Waals surface area contributed by atoms with Crippen molar-refractivity contribution >= 4 is 33.0 Å². The molecule has 0 unspecified atom stereocenters. The molecule has 1 aliphatic carbocycles. The third kappa shape index (κ3) is 5.11. The summed E-state index contributed by atoms with van der Waals surface area (Å²) in [7, 11) is -0.195. The fourth-order valence-corrected chi connectivity index (χ4v) is 5.87. The molecule has 2 aromatic rings. The average molecular weight is 437 g/mol. The monoisotopic (exact) mass is 436 g/mol. The summed E-state index contributed by atoms with van der Waals surface area (Å²) >= 11 is 1.19. The van der Waals surface area contributed by atoms with Gasteiger partial charge in [0.1, 0.15) is 9.96 Å². The summed E-state index contributed by atoms with van der Waals surface area (Å²) in [6.45, 7) is 2.24. The van der Waals surface area contributed by atoms with E-state index < -0.39 is 10.0 Å². The number of sulfonamides is 1. The van der Waals surface area contributed by atoms with Crippen LogP contribution in [0.3, 0.4) is 0 Å². The van der Waals surface area contributed by atoms with Crippen molar-refractivity contribution in [3.05, 3.63) is 41.8 Å². The Morgan fingerprint density at radius 1 is 1.10 bits per heavy atom. The van der Waals surface area contributed by atoms with Crippen LogP contribution >= 0.6 is 11.3 Å². The van der Waals surface area contributed by atoms with E-state index in [0.29, 0.717) is 21.7 Å². The highest BCUT2D eigenvalue weighted by atomic mass is 32.2. The van der Waals surface area contributed by atoms with Gasteiger partial charge in [-0.05, 0) is 67.3 Å². The third-order valence-corrected chi connectivity index (χ3v) is 8.76. The van der Waals surface area contributed by atoms with Crippen LogP contribution in [0.25, 0.3) is 0 Å². The van der Waals surface area contributed by atoms with E-state index in [1.54, 1.807) is 41.8 Å². The van der Waals surface area contributed by atoms with Crippen molar-refractivity contribution in [3.8, 4) is 5.75 Å². The lowest BCUT2D eigenvalue weighted by atomic mass is 9.87. The molecule has 1 saturated carbocycles. The second-order valence-electron chi connectivity index (χ2n) is 7.61. The number of thiophene rings is 1. The number of anilines is 1. The van der Waals surface area contributed by atoms with Crippen LogP contribution < -0.4 is 9.04 Å². The summed E-state index contributed by atoms with van der Waals surface area (Å²) in [6, 6.07) is 10.3. The molecule has 1 aliphatic rings. The van der Waals surface area contributed by atoms with Crippen LogP contribution in [0.15, 0.2) is 46.0 Å². The van der Waals surface area contributed by atoms with Gasteiger partial charge in [0.2, 0.25) is 0 Å². The molecule has 0 bridgehead atoms. The number of carbonyl (C=O) groups excluding carboxylic acids is 1. The van der Waals surface area contributed by atoms with Gasteiger partial charge in [0.15, 0.2) is 6.61 Å². The van der Waals surface area contributed by atoms with Gasteiger partial charge < -0.3 is 9.64 Å². The molecule has 1 amide bonds. The number of carbonyl (C=O) groups is 1. The molecule has 0 N–H and O–H groups in total. The molecule has 1 fully saturated rings. The van der Waals surface area contributed by atoms with Crippen molar-refractivity contribution in [1.29, 1.82) is 0 Å². The minimum Gasteiger partial charge on any atom is -0.484 e. The van der Waals surface area contributed by atoms with Crippen LogP contribution in [0.4, 0.5) is 5.69 Å². The SMILES string of the molecule is CC1CCC(N(C)C(=O)COc2ccc(N(C)S(=O)(=O)c3cccs3)cc2)CC1. The predicted molar refractivity (Wildman–Crippen MR) is 116 cm³/mol. The summed E-state index contributed by atoms with van der Waals surface area (Å²) in [5.74, 6) is 1.24. The summed E-state index contributed by atoms with van der Waals surface area (Å²) in [6.07, 6.45) is 4.41. The van der Waals surface area contributed by atoms with Crippen LogP contribution in [-0.2, 0) is 14.8 Å². The number of ether oxygens (including phenoxy) is 1. The maximum atomic E-state index is 12.6. The van der Waals surface area contributed by atoms with E-state index in [2.05, 4.69) is 6.92 Å². The summed E-state index contributed by atoms with van der Waals surface area (Å²) in [5, 5.41) is 1.74. The van der Waals surface area contributed by atoms with Crippen molar-refractivity contribution in [1.82, 2.24) is 4.90 Å². The van der Waals surface area contributed by atoms with Gasteiger partial charge >= 0.3 is 0 Å². The normalized spacial score (nSPS) is 19.6. The molecule has 6 nitrogen and oxygen atoms in total. The Morgan fingerprint density at radius 2 is 1.76 bits per heavy atom. The van der Waals surface area contributed by atoms with Gasteiger partial charge in [-0.1, -0.05) is 13.0 Å². The Hall–Kier alpha value is -2.06. The van der Waals surface area contributed by atoms with E-state index in [0.717, 1.165) is 31.6 Å². The van der Waals surface area contributed by atoms with Crippen LogP contribution in [0.5, 0.6) is 5.75 Å². The van der Waals surface area contributed by atoms with Crippen molar-refractivity contribution in [2.75, 3.05) is 25.0 Å². The first kappa shape index (κ1) is 21.6. The molecule has 0 spiro atoms. The van der Waals surface area contributed by atoms with E-state index in [1.165, 1.54) is 22.7 Å². The smallest absolute Gasteiger partial charge is 0.273 e. The first-order chi connectivity index (χ1) is 13.8. The molecule has 0 atom stereocenters. The molecule has 0 radical (unpaired) electrons. The Bertz CT molecular complexity index is 903. The first-order valence-electron chi connectivity index (χ1n) is 9.80. The van der Waals surface area contributed by atoms with Crippen molar-refractivity contribution in [2.24, 2.45) is 5.92 Å². The second-order valence-corrected chi connectivity index (χ2v) is 10.7. The quantitative estimate of drug-likeness (QED) is 0.658. The predicted octanol–water partition coefficient (Wildman–Crippen LogP) is 3.99. The van der Waals surface area contributed by atoms with Gasteiger partial charge in [-0.25, -0.2) is 8.42 Å². The average Bonchev–Trinajstić information content (AvgIpc) is 3.27. The zero-order valence-electron chi connectivity index (χ0n) is 17.1.